The predicted molar refractivity (Wildman–Crippen MR) is 54.9 cm³/mol. The van der Waals surface area contributed by atoms with Gasteiger partial charge in [-0.2, -0.15) is 0 Å². The van der Waals surface area contributed by atoms with E-state index in [2.05, 4.69) is 10.1 Å². The van der Waals surface area contributed by atoms with Crippen LogP contribution in [-0.2, 0) is 9.53 Å². The second-order valence-corrected chi connectivity index (χ2v) is 3.89. The lowest BCUT2D eigenvalue weighted by Gasteiger charge is -2.16. The van der Waals surface area contributed by atoms with Crippen LogP contribution < -0.4 is 5.32 Å². The Hall–Kier alpha value is -0.610. The van der Waals surface area contributed by atoms with Gasteiger partial charge in [-0.05, 0) is 5.92 Å². The topological polar surface area (TPSA) is 58.6 Å². The second-order valence-electron chi connectivity index (χ2n) is 3.89. The third kappa shape index (κ3) is 5.19. The first kappa shape index (κ1) is 13.4. The quantitative estimate of drug-likeness (QED) is 0.614. The van der Waals surface area contributed by atoms with Gasteiger partial charge in [0.25, 0.3) is 0 Å². The van der Waals surface area contributed by atoms with Crippen LogP contribution in [0.4, 0.5) is 0 Å². The molecule has 0 rings (SSSR count). The van der Waals surface area contributed by atoms with Crippen LogP contribution in [0.5, 0.6) is 0 Å². The summed E-state index contributed by atoms with van der Waals surface area (Å²) >= 11 is 0. The molecule has 0 aliphatic heterocycles. The number of carbonyl (C=O) groups is 1. The SMILES string of the molecule is COC(=O)C(C)CNCC(O)C(C)C. The van der Waals surface area contributed by atoms with E-state index in [-0.39, 0.29) is 23.9 Å². The molecule has 2 unspecified atom stereocenters. The molecule has 2 N–H and O–H groups in total. The molecule has 0 spiro atoms. The molecule has 0 radical (unpaired) electrons. The zero-order valence-electron chi connectivity index (χ0n) is 9.41. The largest absolute Gasteiger partial charge is 0.469 e. The van der Waals surface area contributed by atoms with Crippen LogP contribution >= 0.6 is 0 Å². The molecular weight excluding hydrogens is 182 g/mol. The van der Waals surface area contributed by atoms with Gasteiger partial charge in [0.2, 0.25) is 0 Å². The molecule has 0 bridgehead atoms. The van der Waals surface area contributed by atoms with Crippen molar-refractivity contribution in [3.05, 3.63) is 0 Å². The molecule has 0 aromatic rings. The van der Waals surface area contributed by atoms with Gasteiger partial charge in [0.05, 0.1) is 19.1 Å². The molecule has 4 nitrogen and oxygen atoms in total. The summed E-state index contributed by atoms with van der Waals surface area (Å²) in [5, 5.41) is 12.5. The summed E-state index contributed by atoms with van der Waals surface area (Å²) in [5.41, 5.74) is 0. The van der Waals surface area contributed by atoms with Gasteiger partial charge >= 0.3 is 5.97 Å². The number of hydrogen-bond donors (Lipinski definition) is 2. The van der Waals surface area contributed by atoms with Gasteiger partial charge in [-0.1, -0.05) is 20.8 Å². The van der Waals surface area contributed by atoms with Gasteiger partial charge in [-0.25, -0.2) is 0 Å². The van der Waals surface area contributed by atoms with Crippen LogP contribution in [0, 0.1) is 11.8 Å². The van der Waals surface area contributed by atoms with Gasteiger partial charge < -0.3 is 15.2 Å². The van der Waals surface area contributed by atoms with E-state index >= 15 is 0 Å². The van der Waals surface area contributed by atoms with Crippen molar-refractivity contribution in [2.24, 2.45) is 11.8 Å². The summed E-state index contributed by atoms with van der Waals surface area (Å²) < 4.78 is 4.58. The zero-order valence-corrected chi connectivity index (χ0v) is 9.41. The number of hydrogen-bond acceptors (Lipinski definition) is 4. The first-order chi connectivity index (χ1) is 6.49. The first-order valence-corrected chi connectivity index (χ1v) is 4.95. The number of nitrogens with one attached hydrogen (secondary N) is 1. The lowest BCUT2D eigenvalue weighted by atomic mass is 10.1. The summed E-state index contributed by atoms with van der Waals surface area (Å²) in [5.74, 6) is -0.160. The van der Waals surface area contributed by atoms with Crippen molar-refractivity contribution < 1.29 is 14.6 Å². The fraction of sp³-hybridized carbons (Fsp3) is 0.900. The van der Waals surface area contributed by atoms with Crippen LogP contribution in [0.25, 0.3) is 0 Å². The number of aliphatic hydroxyl groups is 1. The average Bonchev–Trinajstić information content (AvgIpc) is 2.15. The molecule has 0 fully saturated rings. The first-order valence-electron chi connectivity index (χ1n) is 4.95. The summed E-state index contributed by atoms with van der Waals surface area (Å²) in [6.45, 7) is 6.75. The average molecular weight is 203 g/mol. The molecule has 0 aromatic heterocycles. The summed E-state index contributed by atoms with van der Waals surface area (Å²) in [4.78, 5) is 11.0. The van der Waals surface area contributed by atoms with E-state index in [9.17, 15) is 9.90 Å². The van der Waals surface area contributed by atoms with Crippen molar-refractivity contribution in [2.45, 2.75) is 26.9 Å². The minimum atomic E-state index is -0.361. The highest BCUT2D eigenvalue weighted by atomic mass is 16.5. The van der Waals surface area contributed by atoms with Crippen molar-refractivity contribution >= 4 is 5.97 Å². The lowest BCUT2D eigenvalue weighted by molar-refractivity contribution is -0.144. The van der Waals surface area contributed by atoms with E-state index in [1.54, 1.807) is 6.92 Å². The van der Waals surface area contributed by atoms with E-state index < -0.39 is 0 Å². The van der Waals surface area contributed by atoms with Gasteiger partial charge in [-0.3, -0.25) is 4.79 Å². The molecule has 2 atom stereocenters. The maximum Gasteiger partial charge on any atom is 0.309 e. The molecular formula is C10H21NO3. The van der Waals surface area contributed by atoms with Crippen LogP contribution in [-0.4, -0.2) is 37.4 Å². The summed E-state index contributed by atoms with van der Waals surface area (Å²) in [6, 6.07) is 0. The maximum absolute atomic E-state index is 11.0. The highest BCUT2D eigenvalue weighted by molar-refractivity contribution is 5.71. The molecule has 0 heterocycles. The molecule has 14 heavy (non-hydrogen) atoms. The fourth-order valence-corrected chi connectivity index (χ4v) is 0.968. The second kappa shape index (κ2) is 6.79. The highest BCUT2D eigenvalue weighted by Gasteiger charge is 2.14. The standard InChI is InChI=1S/C10H21NO3/c1-7(2)9(12)6-11-5-8(3)10(13)14-4/h7-9,11-12H,5-6H2,1-4H3. The molecule has 0 amide bonds. The summed E-state index contributed by atoms with van der Waals surface area (Å²) in [7, 11) is 1.38. The summed E-state index contributed by atoms with van der Waals surface area (Å²) in [6.07, 6.45) is -0.361. The maximum atomic E-state index is 11.0. The van der Waals surface area contributed by atoms with Gasteiger partial charge in [0.15, 0.2) is 0 Å². The highest BCUT2D eigenvalue weighted by Crippen LogP contribution is 2.00. The van der Waals surface area contributed by atoms with Crippen molar-refractivity contribution in [2.75, 3.05) is 20.2 Å². The van der Waals surface area contributed by atoms with Crippen LogP contribution in [0.2, 0.25) is 0 Å². The molecule has 0 saturated carbocycles. The van der Waals surface area contributed by atoms with Crippen molar-refractivity contribution in [3.63, 3.8) is 0 Å². The van der Waals surface area contributed by atoms with E-state index in [0.29, 0.717) is 13.1 Å². The lowest BCUT2D eigenvalue weighted by Crippen LogP contribution is -2.35. The third-order valence-electron chi connectivity index (χ3n) is 2.18. The number of ether oxygens (including phenoxy) is 1. The van der Waals surface area contributed by atoms with Crippen molar-refractivity contribution in [3.8, 4) is 0 Å². The monoisotopic (exact) mass is 203 g/mol. The Bertz CT molecular complexity index is 171. The molecule has 0 aliphatic carbocycles. The molecule has 0 saturated heterocycles. The Balaban J connectivity index is 3.58. The fourth-order valence-electron chi connectivity index (χ4n) is 0.968. The van der Waals surface area contributed by atoms with E-state index in [1.807, 2.05) is 13.8 Å². The van der Waals surface area contributed by atoms with Gasteiger partial charge in [0.1, 0.15) is 0 Å². The third-order valence-corrected chi connectivity index (χ3v) is 2.18. The number of esters is 1. The molecule has 4 heteroatoms. The molecule has 84 valence electrons. The van der Waals surface area contributed by atoms with Crippen LogP contribution in [0.3, 0.4) is 0 Å². The van der Waals surface area contributed by atoms with Gasteiger partial charge in [-0.15, -0.1) is 0 Å². The minimum absolute atomic E-state index is 0.167. The van der Waals surface area contributed by atoms with Crippen molar-refractivity contribution in [1.29, 1.82) is 0 Å². The van der Waals surface area contributed by atoms with Gasteiger partial charge in [0, 0.05) is 13.1 Å². The van der Waals surface area contributed by atoms with E-state index in [1.165, 1.54) is 7.11 Å². The molecule has 0 aliphatic rings. The van der Waals surface area contributed by atoms with E-state index in [0.717, 1.165) is 0 Å². The Morgan fingerprint density at radius 2 is 1.93 bits per heavy atom. The van der Waals surface area contributed by atoms with Crippen molar-refractivity contribution in [1.82, 2.24) is 5.32 Å². The van der Waals surface area contributed by atoms with Crippen LogP contribution in [0.15, 0.2) is 0 Å². The number of methoxy groups -OCH3 is 1. The Morgan fingerprint density at radius 3 is 2.36 bits per heavy atom. The Morgan fingerprint density at radius 1 is 1.36 bits per heavy atom. The minimum Gasteiger partial charge on any atom is -0.469 e. The Labute approximate surface area is 85.6 Å². The number of carbonyl (C=O) groups excluding carboxylic acids is 1. The van der Waals surface area contributed by atoms with E-state index in [4.69, 9.17) is 0 Å². The zero-order chi connectivity index (χ0) is 11.1. The number of aliphatic hydroxyl groups excluding tert-OH is 1. The normalized spacial score (nSPS) is 15.3. The number of rotatable bonds is 6. The predicted octanol–water partition coefficient (Wildman–Crippen LogP) is 0.402. The molecule has 0 aromatic carbocycles. The smallest absolute Gasteiger partial charge is 0.309 e. The van der Waals surface area contributed by atoms with Crippen LogP contribution in [0.1, 0.15) is 20.8 Å². The Kier molecular flexibility index (Phi) is 6.49.